The Hall–Kier alpha value is -2.29. The van der Waals surface area contributed by atoms with Crippen molar-refractivity contribution in [2.24, 2.45) is 0 Å². The molecule has 2 aromatic heterocycles. The van der Waals surface area contributed by atoms with Gasteiger partial charge in [0.15, 0.2) is 0 Å². The number of rotatable bonds is 3. The zero-order valence-corrected chi connectivity index (χ0v) is 9.09. The average molecular weight is 225 g/mol. The molecule has 0 aliphatic heterocycles. The van der Waals surface area contributed by atoms with Crippen LogP contribution in [0.1, 0.15) is 17.2 Å². The number of fused-ring (bicyclic) bond motifs is 1. The molecule has 0 radical (unpaired) electrons. The SMILES string of the molecule is O=CC(c1ccco1)c1c[nH]c2ccccc12. The van der Waals surface area contributed by atoms with Crippen LogP contribution < -0.4 is 0 Å². The Balaban J connectivity index is 2.17. The van der Waals surface area contributed by atoms with Crippen molar-refractivity contribution >= 4 is 17.2 Å². The van der Waals surface area contributed by atoms with Gasteiger partial charge in [-0.3, -0.25) is 0 Å². The lowest BCUT2D eigenvalue weighted by Crippen LogP contribution is -1.99. The highest BCUT2D eigenvalue weighted by molar-refractivity contribution is 5.87. The van der Waals surface area contributed by atoms with E-state index in [0.29, 0.717) is 5.76 Å². The summed E-state index contributed by atoms with van der Waals surface area (Å²) in [7, 11) is 0. The van der Waals surface area contributed by atoms with Gasteiger partial charge in [0.25, 0.3) is 0 Å². The van der Waals surface area contributed by atoms with Gasteiger partial charge in [-0.15, -0.1) is 0 Å². The van der Waals surface area contributed by atoms with E-state index in [9.17, 15) is 4.79 Å². The Bertz CT molecular complexity index is 637. The number of hydrogen-bond acceptors (Lipinski definition) is 2. The molecular weight excluding hydrogens is 214 g/mol. The maximum absolute atomic E-state index is 11.3. The minimum atomic E-state index is -0.346. The van der Waals surface area contributed by atoms with Crippen LogP contribution in [0.5, 0.6) is 0 Å². The van der Waals surface area contributed by atoms with E-state index >= 15 is 0 Å². The van der Waals surface area contributed by atoms with Crippen LogP contribution in [0, 0.1) is 0 Å². The molecule has 17 heavy (non-hydrogen) atoms. The maximum Gasteiger partial charge on any atom is 0.135 e. The van der Waals surface area contributed by atoms with Crippen LogP contribution in [0.15, 0.2) is 53.3 Å². The molecule has 2 heterocycles. The highest BCUT2D eigenvalue weighted by Crippen LogP contribution is 2.29. The number of benzene rings is 1. The van der Waals surface area contributed by atoms with Crippen molar-refractivity contribution in [3.63, 3.8) is 0 Å². The fourth-order valence-electron chi connectivity index (χ4n) is 2.11. The fourth-order valence-corrected chi connectivity index (χ4v) is 2.11. The van der Waals surface area contributed by atoms with E-state index in [1.807, 2.05) is 36.5 Å². The summed E-state index contributed by atoms with van der Waals surface area (Å²) in [5.74, 6) is 0.325. The molecule has 3 aromatic rings. The van der Waals surface area contributed by atoms with E-state index < -0.39 is 0 Å². The number of para-hydroxylation sites is 1. The standard InChI is InChI=1S/C14H11NO2/c16-9-12(14-6-3-7-17-14)11-8-15-13-5-2-1-4-10(11)13/h1-9,12,15H. The number of aromatic nitrogens is 1. The van der Waals surface area contributed by atoms with Gasteiger partial charge in [0, 0.05) is 17.1 Å². The summed E-state index contributed by atoms with van der Waals surface area (Å²) in [6, 6.07) is 11.5. The van der Waals surface area contributed by atoms with Crippen molar-refractivity contribution in [1.29, 1.82) is 0 Å². The number of aromatic amines is 1. The third-order valence-corrected chi connectivity index (χ3v) is 2.94. The monoisotopic (exact) mass is 225 g/mol. The average Bonchev–Trinajstić information content (AvgIpc) is 3.01. The quantitative estimate of drug-likeness (QED) is 0.696. The number of hydrogen-bond donors (Lipinski definition) is 1. The molecule has 3 heteroatoms. The first kappa shape index (κ1) is 9.90. The normalized spacial score (nSPS) is 12.7. The zero-order valence-electron chi connectivity index (χ0n) is 9.09. The molecule has 0 bridgehead atoms. The van der Waals surface area contributed by atoms with Crippen molar-refractivity contribution in [3.8, 4) is 0 Å². The molecule has 1 aromatic carbocycles. The number of nitrogens with one attached hydrogen (secondary N) is 1. The Morgan fingerprint density at radius 2 is 2.06 bits per heavy atom. The summed E-state index contributed by atoms with van der Waals surface area (Å²) < 4.78 is 5.31. The van der Waals surface area contributed by atoms with E-state index in [4.69, 9.17) is 4.42 Å². The van der Waals surface area contributed by atoms with E-state index in [-0.39, 0.29) is 5.92 Å². The van der Waals surface area contributed by atoms with E-state index in [1.54, 1.807) is 12.3 Å². The molecule has 0 amide bonds. The predicted molar refractivity (Wildman–Crippen MR) is 64.9 cm³/mol. The molecule has 84 valence electrons. The highest BCUT2D eigenvalue weighted by Gasteiger charge is 2.19. The molecule has 0 fully saturated rings. The number of carbonyl (C=O) groups excluding carboxylic acids is 1. The minimum absolute atomic E-state index is 0.346. The third-order valence-electron chi connectivity index (χ3n) is 2.94. The zero-order chi connectivity index (χ0) is 11.7. The second-order valence-electron chi connectivity index (χ2n) is 3.92. The third kappa shape index (κ3) is 1.56. The fraction of sp³-hybridized carbons (Fsp3) is 0.0714. The second kappa shape index (κ2) is 3.94. The number of aldehydes is 1. The van der Waals surface area contributed by atoms with Gasteiger partial charge in [-0.05, 0) is 23.8 Å². The molecule has 1 N–H and O–H groups in total. The van der Waals surface area contributed by atoms with Crippen molar-refractivity contribution < 1.29 is 9.21 Å². The van der Waals surface area contributed by atoms with Crippen molar-refractivity contribution in [1.82, 2.24) is 4.98 Å². The topological polar surface area (TPSA) is 46.0 Å². The number of H-pyrrole nitrogens is 1. The van der Waals surface area contributed by atoms with Crippen LogP contribution in [0.25, 0.3) is 10.9 Å². The summed E-state index contributed by atoms with van der Waals surface area (Å²) in [5, 5.41) is 1.06. The molecule has 0 saturated heterocycles. The van der Waals surface area contributed by atoms with Crippen LogP contribution in [-0.2, 0) is 4.79 Å². The summed E-state index contributed by atoms with van der Waals surface area (Å²) >= 11 is 0. The first-order valence-corrected chi connectivity index (χ1v) is 5.45. The van der Waals surface area contributed by atoms with Gasteiger partial charge in [0.2, 0.25) is 0 Å². The Kier molecular flexibility index (Phi) is 2.29. The molecule has 0 saturated carbocycles. The van der Waals surface area contributed by atoms with Gasteiger partial charge >= 0.3 is 0 Å². The summed E-state index contributed by atoms with van der Waals surface area (Å²) in [4.78, 5) is 14.4. The van der Waals surface area contributed by atoms with Crippen LogP contribution in [0.2, 0.25) is 0 Å². The Morgan fingerprint density at radius 1 is 1.18 bits per heavy atom. The predicted octanol–water partition coefficient (Wildman–Crippen LogP) is 3.09. The lowest BCUT2D eigenvalue weighted by molar-refractivity contribution is -0.108. The molecule has 0 aliphatic carbocycles. The smallest absolute Gasteiger partial charge is 0.135 e. The number of carbonyl (C=O) groups is 1. The van der Waals surface area contributed by atoms with Crippen LogP contribution in [0.3, 0.4) is 0 Å². The summed E-state index contributed by atoms with van der Waals surface area (Å²) in [6.07, 6.45) is 4.36. The number of furan rings is 1. The van der Waals surface area contributed by atoms with Gasteiger partial charge in [-0.1, -0.05) is 18.2 Å². The first-order chi connectivity index (χ1) is 8.40. The molecule has 0 aliphatic rings. The van der Waals surface area contributed by atoms with Crippen molar-refractivity contribution in [3.05, 3.63) is 60.2 Å². The van der Waals surface area contributed by atoms with Crippen LogP contribution >= 0.6 is 0 Å². The Morgan fingerprint density at radius 3 is 2.82 bits per heavy atom. The first-order valence-electron chi connectivity index (χ1n) is 5.45. The summed E-state index contributed by atoms with van der Waals surface area (Å²) in [6.45, 7) is 0. The Labute approximate surface area is 98.1 Å². The molecule has 3 nitrogen and oxygen atoms in total. The lowest BCUT2D eigenvalue weighted by Gasteiger charge is -2.05. The summed E-state index contributed by atoms with van der Waals surface area (Å²) in [5.41, 5.74) is 1.98. The van der Waals surface area contributed by atoms with Gasteiger partial charge in [-0.2, -0.15) is 0 Å². The highest BCUT2D eigenvalue weighted by atomic mass is 16.3. The molecule has 1 unspecified atom stereocenters. The van der Waals surface area contributed by atoms with E-state index in [1.165, 1.54) is 0 Å². The van der Waals surface area contributed by atoms with E-state index in [2.05, 4.69) is 4.98 Å². The van der Waals surface area contributed by atoms with Crippen molar-refractivity contribution in [2.45, 2.75) is 5.92 Å². The van der Waals surface area contributed by atoms with Gasteiger partial charge in [0.05, 0.1) is 12.2 Å². The minimum Gasteiger partial charge on any atom is -0.468 e. The lowest BCUT2D eigenvalue weighted by atomic mass is 9.98. The molecular formula is C14H11NO2. The maximum atomic E-state index is 11.3. The molecule has 3 rings (SSSR count). The largest absolute Gasteiger partial charge is 0.468 e. The second-order valence-corrected chi connectivity index (χ2v) is 3.92. The van der Waals surface area contributed by atoms with E-state index in [0.717, 1.165) is 22.8 Å². The van der Waals surface area contributed by atoms with Crippen molar-refractivity contribution in [2.75, 3.05) is 0 Å². The van der Waals surface area contributed by atoms with Gasteiger partial charge in [0.1, 0.15) is 12.0 Å². The van der Waals surface area contributed by atoms with Crippen LogP contribution in [0.4, 0.5) is 0 Å². The van der Waals surface area contributed by atoms with Crippen LogP contribution in [-0.4, -0.2) is 11.3 Å². The molecule has 0 spiro atoms. The van der Waals surface area contributed by atoms with Gasteiger partial charge < -0.3 is 14.2 Å². The molecule has 1 atom stereocenters. The van der Waals surface area contributed by atoms with Gasteiger partial charge in [-0.25, -0.2) is 0 Å².